The third-order valence-electron chi connectivity index (χ3n) is 2.74. The summed E-state index contributed by atoms with van der Waals surface area (Å²) in [7, 11) is 0. The molecule has 4 heteroatoms. The van der Waals surface area contributed by atoms with Crippen molar-refractivity contribution in [3.8, 4) is 11.5 Å². The quantitative estimate of drug-likeness (QED) is 0.841. The second kappa shape index (κ2) is 6.95. The Morgan fingerprint density at radius 2 is 1.55 bits per heavy atom. The van der Waals surface area contributed by atoms with E-state index in [1.165, 1.54) is 0 Å². The highest BCUT2D eigenvalue weighted by Crippen LogP contribution is 2.38. The number of hydrogen-bond acceptors (Lipinski definition) is 4. The van der Waals surface area contributed by atoms with Crippen LogP contribution >= 0.6 is 0 Å². The van der Waals surface area contributed by atoms with Crippen LogP contribution in [-0.4, -0.2) is 35.6 Å². The number of rotatable bonds is 6. The highest BCUT2D eigenvalue weighted by molar-refractivity contribution is 5.49. The number of ether oxygens (including phenoxy) is 2. The molecule has 1 aromatic rings. The van der Waals surface area contributed by atoms with Crippen LogP contribution in [0.3, 0.4) is 0 Å². The summed E-state index contributed by atoms with van der Waals surface area (Å²) in [6.45, 7) is 10.0. The number of aliphatic hydroxyl groups excluding tert-OH is 2. The van der Waals surface area contributed by atoms with Crippen LogP contribution in [-0.2, 0) is 5.41 Å². The van der Waals surface area contributed by atoms with Crippen molar-refractivity contribution >= 4 is 0 Å². The van der Waals surface area contributed by atoms with Crippen LogP contribution in [0.5, 0.6) is 11.5 Å². The molecule has 0 aliphatic heterocycles. The summed E-state index contributed by atoms with van der Waals surface area (Å²) >= 11 is 0. The molecule has 0 bridgehead atoms. The lowest BCUT2D eigenvalue weighted by Crippen LogP contribution is -2.19. The first kappa shape index (κ1) is 16.8. The van der Waals surface area contributed by atoms with E-state index in [2.05, 4.69) is 20.8 Å². The van der Waals surface area contributed by atoms with Crippen LogP contribution in [0.25, 0.3) is 0 Å². The van der Waals surface area contributed by atoms with Gasteiger partial charge in [-0.15, -0.1) is 0 Å². The Bertz CT molecular complexity index is 419. The third-order valence-corrected chi connectivity index (χ3v) is 2.74. The van der Waals surface area contributed by atoms with Gasteiger partial charge < -0.3 is 19.7 Å². The lowest BCUT2D eigenvalue weighted by atomic mass is 9.86. The largest absolute Gasteiger partial charge is 0.487 e. The maximum Gasteiger partial charge on any atom is 0.165 e. The summed E-state index contributed by atoms with van der Waals surface area (Å²) in [5.41, 5.74) is 0.916. The molecule has 0 spiro atoms. The minimum absolute atomic E-state index is 0.0990. The number of benzene rings is 1. The first-order valence-electron chi connectivity index (χ1n) is 6.97. The molecule has 2 N–H and O–H groups in total. The summed E-state index contributed by atoms with van der Waals surface area (Å²) in [5.74, 6) is 1.24. The monoisotopic (exact) mass is 282 g/mol. The molecule has 0 saturated carbocycles. The molecule has 114 valence electrons. The predicted octanol–water partition coefficient (Wildman–Crippen LogP) is 2.50. The van der Waals surface area contributed by atoms with Gasteiger partial charge in [0, 0.05) is 5.56 Å². The smallest absolute Gasteiger partial charge is 0.165 e. The van der Waals surface area contributed by atoms with Crippen molar-refractivity contribution in [2.75, 3.05) is 13.2 Å². The van der Waals surface area contributed by atoms with E-state index in [9.17, 15) is 10.2 Å². The maximum absolute atomic E-state index is 9.41. The van der Waals surface area contributed by atoms with Crippen molar-refractivity contribution in [1.82, 2.24) is 0 Å². The molecule has 2 unspecified atom stereocenters. The SMILES string of the molecule is CC(O)COc1cccc(C(C)(C)C)c1OCC(C)O. The number of para-hydroxylation sites is 1. The van der Waals surface area contributed by atoms with E-state index in [1.54, 1.807) is 13.8 Å². The lowest BCUT2D eigenvalue weighted by Gasteiger charge is -2.25. The Balaban J connectivity index is 3.08. The Hall–Kier alpha value is -1.26. The van der Waals surface area contributed by atoms with Crippen LogP contribution in [0.4, 0.5) is 0 Å². The molecule has 2 atom stereocenters. The van der Waals surface area contributed by atoms with Gasteiger partial charge >= 0.3 is 0 Å². The van der Waals surface area contributed by atoms with Gasteiger partial charge in [-0.1, -0.05) is 32.9 Å². The zero-order chi connectivity index (χ0) is 15.3. The molecule has 0 aliphatic rings. The standard InChI is InChI=1S/C16H26O4/c1-11(17)9-19-14-8-6-7-13(16(3,4)5)15(14)20-10-12(2)18/h6-8,11-12,17-18H,9-10H2,1-5H3. The second-order valence-electron chi connectivity index (χ2n) is 6.20. The molecule has 0 heterocycles. The molecule has 4 nitrogen and oxygen atoms in total. The first-order chi connectivity index (χ1) is 9.21. The molecule has 0 amide bonds. The average Bonchev–Trinajstić information content (AvgIpc) is 2.32. The van der Waals surface area contributed by atoms with E-state index in [0.29, 0.717) is 11.5 Å². The van der Waals surface area contributed by atoms with Crippen LogP contribution in [0, 0.1) is 0 Å². The second-order valence-corrected chi connectivity index (χ2v) is 6.20. The highest BCUT2D eigenvalue weighted by atomic mass is 16.5. The molecule has 20 heavy (non-hydrogen) atoms. The van der Waals surface area contributed by atoms with Gasteiger partial charge in [0.25, 0.3) is 0 Å². The zero-order valence-corrected chi connectivity index (χ0v) is 13.0. The first-order valence-corrected chi connectivity index (χ1v) is 6.97. The third kappa shape index (κ3) is 5.02. The molecule has 1 rings (SSSR count). The minimum Gasteiger partial charge on any atom is -0.487 e. The van der Waals surface area contributed by atoms with Crippen LogP contribution < -0.4 is 9.47 Å². The Labute approximate surface area is 121 Å². The highest BCUT2D eigenvalue weighted by Gasteiger charge is 2.22. The summed E-state index contributed by atoms with van der Waals surface area (Å²) < 4.78 is 11.3. The fraction of sp³-hybridized carbons (Fsp3) is 0.625. The van der Waals surface area contributed by atoms with Crippen molar-refractivity contribution in [3.05, 3.63) is 23.8 Å². The van der Waals surface area contributed by atoms with Crippen LogP contribution in [0.2, 0.25) is 0 Å². The van der Waals surface area contributed by atoms with Gasteiger partial charge in [0.1, 0.15) is 13.2 Å². The average molecular weight is 282 g/mol. The molecular weight excluding hydrogens is 256 g/mol. The molecule has 0 fully saturated rings. The van der Waals surface area contributed by atoms with Crippen molar-refractivity contribution in [2.24, 2.45) is 0 Å². The normalized spacial score (nSPS) is 14.8. The van der Waals surface area contributed by atoms with E-state index < -0.39 is 12.2 Å². The van der Waals surface area contributed by atoms with E-state index in [1.807, 2.05) is 18.2 Å². The van der Waals surface area contributed by atoms with Gasteiger partial charge in [-0.25, -0.2) is 0 Å². The Morgan fingerprint density at radius 3 is 2.05 bits per heavy atom. The molecule has 1 aromatic carbocycles. The minimum atomic E-state index is -0.548. The van der Waals surface area contributed by atoms with Gasteiger partial charge in [-0.05, 0) is 25.3 Å². The Morgan fingerprint density at radius 1 is 1.00 bits per heavy atom. The lowest BCUT2D eigenvalue weighted by molar-refractivity contribution is 0.106. The molecular formula is C16H26O4. The van der Waals surface area contributed by atoms with E-state index >= 15 is 0 Å². The summed E-state index contributed by atoms with van der Waals surface area (Å²) in [6, 6.07) is 5.72. The van der Waals surface area contributed by atoms with Crippen molar-refractivity contribution < 1.29 is 19.7 Å². The van der Waals surface area contributed by atoms with E-state index in [-0.39, 0.29) is 18.6 Å². The van der Waals surface area contributed by atoms with Crippen molar-refractivity contribution in [1.29, 1.82) is 0 Å². The van der Waals surface area contributed by atoms with E-state index in [0.717, 1.165) is 5.56 Å². The number of aliphatic hydroxyl groups is 2. The topological polar surface area (TPSA) is 58.9 Å². The predicted molar refractivity (Wildman–Crippen MR) is 79.5 cm³/mol. The van der Waals surface area contributed by atoms with Gasteiger partial charge in [-0.3, -0.25) is 0 Å². The fourth-order valence-electron chi connectivity index (χ4n) is 1.78. The van der Waals surface area contributed by atoms with Gasteiger partial charge in [0.05, 0.1) is 12.2 Å². The molecule has 0 aromatic heterocycles. The summed E-state index contributed by atoms with van der Waals surface area (Å²) in [4.78, 5) is 0. The van der Waals surface area contributed by atoms with Crippen LogP contribution in [0.15, 0.2) is 18.2 Å². The maximum atomic E-state index is 9.41. The molecule has 0 aliphatic carbocycles. The van der Waals surface area contributed by atoms with Gasteiger partial charge in [0.15, 0.2) is 11.5 Å². The summed E-state index contributed by atoms with van der Waals surface area (Å²) in [6.07, 6.45) is -1.09. The van der Waals surface area contributed by atoms with Gasteiger partial charge in [0.2, 0.25) is 0 Å². The van der Waals surface area contributed by atoms with Crippen molar-refractivity contribution in [3.63, 3.8) is 0 Å². The Kier molecular flexibility index (Phi) is 5.84. The summed E-state index contributed by atoms with van der Waals surface area (Å²) in [5, 5.41) is 18.8. The van der Waals surface area contributed by atoms with Crippen molar-refractivity contribution in [2.45, 2.75) is 52.2 Å². The zero-order valence-electron chi connectivity index (χ0n) is 13.0. The molecule has 0 saturated heterocycles. The van der Waals surface area contributed by atoms with Crippen LogP contribution in [0.1, 0.15) is 40.2 Å². The van der Waals surface area contributed by atoms with Gasteiger partial charge in [-0.2, -0.15) is 0 Å². The van der Waals surface area contributed by atoms with E-state index in [4.69, 9.17) is 9.47 Å². The molecule has 0 radical (unpaired) electrons. The fourth-order valence-corrected chi connectivity index (χ4v) is 1.78. The number of hydrogen-bond donors (Lipinski definition) is 2.